The minimum atomic E-state index is -1.75. The van der Waals surface area contributed by atoms with E-state index < -0.39 is 24.0 Å². The third-order valence-corrected chi connectivity index (χ3v) is 7.14. The Bertz CT molecular complexity index is 1330. The molecule has 3 aliphatic rings. The Morgan fingerprint density at radius 3 is 2.74 bits per heavy atom. The molecule has 4 N–H and O–H groups in total. The Kier molecular flexibility index (Phi) is 7.09. The minimum absolute atomic E-state index is 0.0359. The molecule has 3 heterocycles. The largest absolute Gasteiger partial charge is 0.380 e. The first-order valence-corrected chi connectivity index (χ1v) is 12.5. The number of hydrogen-bond acceptors (Lipinski definition) is 7. The molecule has 11 nitrogen and oxygen atoms in total. The van der Waals surface area contributed by atoms with E-state index in [1.165, 1.54) is 4.90 Å². The van der Waals surface area contributed by atoms with Gasteiger partial charge in [-0.25, -0.2) is 0 Å². The molecule has 38 heavy (non-hydrogen) atoms. The second kappa shape index (κ2) is 10.6. The lowest BCUT2D eigenvalue weighted by Gasteiger charge is -2.34. The number of morpholine rings is 1. The third-order valence-electron chi connectivity index (χ3n) is 7.14. The molecule has 5 rings (SSSR count). The van der Waals surface area contributed by atoms with Crippen LogP contribution in [0.3, 0.4) is 0 Å². The van der Waals surface area contributed by atoms with Gasteiger partial charge >= 0.3 is 0 Å². The maximum Gasteiger partial charge on any atom is 0.259 e. The van der Waals surface area contributed by atoms with E-state index in [2.05, 4.69) is 16.7 Å². The Hall–Kier alpha value is -4.27. The van der Waals surface area contributed by atoms with Crippen LogP contribution in [0.1, 0.15) is 34.3 Å². The number of hydrogen-bond donors (Lipinski definition) is 4. The number of aliphatic hydroxyl groups is 1. The van der Waals surface area contributed by atoms with Crippen LogP contribution in [0, 0.1) is 22.7 Å². The number of piperidine rings is 1. The van der Waals surface area contributed by atoms with Gasteiger partial charge in [0.2, 0.25) is 0 Å². The molecule has 0 radical (unpaired) electrons. The van der Waals surface area contributed by atoms with Gasteiger partial charge in [-0.2, -0.15) is 5.26 Å². The zero-order valence-corrected chi connectivity index (χ0v) is 20.6. The zero-order valence-electron chi connectivity index (χ0n) is 20.6. The zero-order chi connectivity index (χ0) is 26.8. The Labute approximate surface area is 219 Å². The predicted octanol–water partition coefficient (Wildman–Crippen LogP) is 1.22. The van der Waals surface area contributed by atoms with Crippen LogP contribution in [0.15, 0.2) is 42.5 Å². The number of amides is 3. The number of carbonyl (C=O) groups excluding carboxylic acids is 3. The number of amidine groups is 1. The van der Waals surface area contributed by atoms with Crippen LogP contribution in [-0.4, -0.2) is 72.0 Å². The van der Waals surface area contributed by atoms with Crippen LogP contribution in [0.25, 0.3) is 0 Å². The van der Waals surface area contributed by atoms with Gasteiger partial charge < -0.3 is 30.3 Å². The summed E-state index contributed by atoms with van der Waals surface area (Å²) in [6, 6.07) is 14.0. The van der Waals surface area contributed by atoms with E-state index >= 15 is 0 Å². The number of nitrogens with one attached hydrogen (secondary N) is 3. The molecule has 2 atom stereocenters. The average molecular weight is 517 g/mol. The Morgan fingerprint density at radius 2 is 1.97 bits per heavy atom. The molecule has 196 valence electrons. The van der Waals surface area contributed by atoms with Gasteiger partial charge in [-0.05, 0) is 54.8 Å². The van der Waals surface area contributed by atoms with Crippen molar-refractivity contribution < 1.29 is 24.2 Å². The van der Waals surface area contributed by atoms with Crippen LogP contribution < -0.4 is 15.5 Å². The standard InChI is InChI=1S/C27H28N6O5/c28-14-16-6-8-32(9-7-16)26(36)17-2-1-3-20(13-17)33-10-11-38-23(27(33)37)22(34)25(35)31-19-4-5-21-18(12-19)15-30-24(21)29/h1-5,12-13,16,22-23,34H,6-11,15H2,(H2,29,30)(H,31,35)/t22-,23-/m1/s1. The number of nitrogens with zero attached hydrogens (tertiary/aromatic N) is 3. The van der Waals surface area contributed by atoms with Crippen molar-refractivity contribution in [3.8, 4) is 6.07 Å². The summed E-state index contributed by atoms with van der Waals surface area (Å²) in [7, 11) is 0. The van der Waals surface area contributed by atoms with Crippen molar-refractivity contribution in [2.75, 3.05) is 36.5 Å². The number of fused-ring (bicyclic) bond motifs is 1. The van der Waals surface area contributed by atoms with Gasteiger partial charge in [0.1, 0.15) is 5.84 Å². The highest BCUT2D eigenvalue weighted by Crippen LogP contribution is 2.25. The lowest BCUT2D eigenvalue weighted by molar-refractivity contribution is -0.150. The molecule has 0 aliphatic carbocycles. The molecule has 11 heteroatoms. The van der Waals surface area contributed by atoms with Crippen molar-refractivity contribution in [2.24, 2.45) is 5.92 Å². The van der Waals surface area contributed by atoms with Crippen molar-refractivity contribution in [1.29, 1.82) is 10.7 Å². The van der Waals surface area contributed by atoms with E-state index in [-0.39, 0.29) is 25.0 Å². The van der Waals surface area contributed by atoms with Gasteiger partial charge in [0.15, 0.2) is 12.2 Å². The fourth-order valence-corrected chi connectivity index (χ4v) is 4.98. The van der Waals surface area contributed by atoms with Gasteiger partial charge in [0.25, 0.3) is 17.7 Å². The van der Waals surface area contributed by atoms with Crippen molar-refractivity contribution in [2.45, 2.75) is 31.6 Å². The summed E-state index contributed by atoms with van der Waals surface area (Å²) in [5, 5.41) is 33.2. The first-order valence-electron chi connectivity index (χ1n) is 12.5. The molecule has 0 spiro atoms. The van der Waals surface area contributed by atoms with Gasteiger partial charge in [-0.3, -0.25) is 19.8 Å². The molecular formula is C27H28N6O5. The van der Waals surface area contributed by atoms with Crippen LogP contribution in [0.4, 0.5) is 11.4 Å². The van der Waals surface area contributed by atoms with Crippen molar-refractivity contribution in [3.05, 3.63) is 59.2 Å². The Morgan fingerprint density at radius 1 is 1.18 bits per heavy atom. The highest BCUT2D eigenvalue weighted by atomic mass is 16.5. The average Bonchev–Trinajstić information content (AvgIpc) is 3.32. The van der Waals surface area contributed by atoms with Gasteiger partial charge in [-0.15, -0.1) is 0 Å². The number of nitriles is 1. The molecule has 0 unspecified atom stereocenters. The molecule has 3 aliphatic heterocycles. The molecule has 0 aromatic heterocycles. The first kappa shape index (κ1) is 25.4. The van der Waals surface area contributed by atoms with E-state index in [4.69, 9.17) is 15.4 Å². The van der Waals surface area contributed by atoms with E-state index in [1.807, 2.05) is 0 Å². The number of carbonyl (C=O) groups is 3. The second-order valence-electron chi connectivity index (χ2n) is 9.56. The molecular weight excluding hydrogens is 488 g/mol. The minimum Gasteiger partial charge on any atom is -0.380 e. The van der Waals surface area contributed by atoms with Crippen molar-refractivity contribution in [3.63, 3.8) is 0 Å². The Balaban J connectivity index is 1.26. The summed E-state index contributed by atoms with van der Waals surface area (Å²) >= 11 is 0. The van der Waals surface area contributed by atoms with Crippen LogP contribution >= 0.6 is 0 Å². The number of likely N-dealkylation sites (tertiary alicyclic amines) is 1. The number of ether oxygens (including phenoxy) is 1. The van der Waals surface area contributed by atoms with Crippen LogP contribution in [-0.2, 0) is 20.9 Å². The molecule has 0 bridgehead atoms. The van der Waals surface area contributed by atoms with Crippen molar-refractivity contribution in [1.82, 2.24) is 10.2 Å². The molecule has 2 fully saturated rings. The lowest BCUT2D eigenvalue weighted by Crippen LogP contribution is -2.55. The molecule has 0 saturated carbocycles. The number of anilines is 2. The van der Waals surface area contributed by atoms with Gasteiger partial charge in [0.05, 0.1) is 12.7 Å². The monoisotopic (exact) mass is 516 g/mol. The second-order valence-corrected chi connectivity index (χ2v) is 9.56. The molecule has 2 aromatic rings. The first-order chi connectivity index (χ1) is 18.4. The predicted molar refractivity (Wildman–Crippen MR) is 138 cm³/mol. The number of benzene rings is 2. The molecule has 2 saturated heterocycles. The summed E-state index contributed by atoms with van der Waals surface area (Å²) in [4.78, 5) is 42.2. The summed E-state index contributed by atoms with van der Waals surface area (Å²) in [6.45, 7) is 1.79. The third kappa shape index (κ3) is 4.96. The van der Waals surface area contributed by atoms with Crippen LogP contribution in [0.5, 0.6) is 0 Å². The van der Waals surface area contributed by atoms with E-state index in [9.17, 15) is 19.5 Å². The molecule has 3 amide bonds. The van der Waals surface area contributed by atoms with Gasteiger partial charge in [0, 0.05) is 54.6 Å². The summed E-state index contributed by atoms with van der Waals surface area (Å²) in [5.74, 6) is -1.25. The number of aliphatic hydroxyl groups excluding tert-OH is 1. The van der Waals surface area contributed by atoms with Crippen molar-refractivity contribution >= 4 is 34.9 Å². The topological polar surface area (TPSA) is 159 Å². The fraction of sp³-hybridized carbons (Fsp3) is 0.370. The highest BCUT2D eigenvalue weighted by molar-refractivity contribution is 6.05. The number of rotatable bonds is 5. The summed E-state index contributed by atoms with van der Waals surface area (Å²) in [5.41, 5.74) is 2.93. The summed E-state index contributed by atoms with van der Waals surface area (Å²) < 4.78 is 5.50. The smallest absolute Gasteiger partial charge is 0.259 e. The van der Waals surface area contributed by atoms with E-state index in [0.29, 0.717) is 55.2 Å². The van der Waals surface area contributed by atoms with Gasteiger partial charge in [-0.1, -0.05) is 6.07 Å². The normalized spacial score (nSPS) is 20.4. The summed E-state index contributed by atoms with van der Waals surface area (Å²) in [6.07, 6.45) is -1.88. The maximum absolute atomic E-state index is 13.3. The highest BCUT2D eigenvalue weighted by Gasteiger charge is 2.39. The quantitative estimate of drug-likeness (QED) is 0.465. The van der Waals surface area contributed by atoms with E-state index in [1.54, 1.807) is 47.4 Å². The maximum atomic E-state index is 13.3. The van der Waals surface area contributed by atoms with Crippen LogP contribution in [0.2, 0.25) is 0 Å². The fourth-order valence-electron chi connectivity index (χ4n) is 4.98. The lowest BCUT2D eigenvalue weighted by atomic mass is 9.98. The van der Waals surface area contributed by atoms with E-state index in [0.717, 1.165) is 11.1 Å². The SMILES string of the molecule is N#CC1CCN(C(=O)c2cccc(N3CCO[C@H]([C@@H](O)C(=O)Nc4ccc5c(c4)CNC5=N)C3=O)c2)CC1. The molecule has 2 aromatic carbocycles.